The van der Waals surface area contributed by atoms with Crippen molar-refractivity contribution >= 4 is 0 Å². The highest BCUT2D eigenvalue weighted by Gasteiger charge is 2.35. The van der Waals surface area contributed by atoms with Crippen LogP contribution in [-0.4, -0.2) is 45.4 Å². The Kier molecular flexibility index (Phi) is 6.78. The van der Waals surface area contributed by atoms with E-state index in [9.17, 15) is 0 Å². The molecule has 0 fully saturated rings. The molecule has 0 aliphatic heterocycles. The van der Waals surface area contributed by atoms with Gasteiger partial charge >= 0.3 is 0 Å². The number of rotatable bonds is 9. The quantitative estimate of drug-likeness (QED) is 0.707. The van der Waals surface area contributed by atoms with E-state index in [1.807, 2.05) is 43.3 Å². The second kappa shape index (κ2) is 8.82. The summed E-state index contributed by atoms with van der Waals surface area (Å²) in [5.74, 6) is 0. The van der Waals surface area contributed by atoms with Gasteiger partial charge in [-0.2, -0.15) is 0 Å². The monoisotopic (exact) mass is 313 g/mol. The van der Waals surface area contributed by atoms with E-state index in [0.717, 1.165) is 17.7 Å². The molecule has 124 valence electrons. The molecule has 0 amide bonds. The van der Waals surface area contributed by atoms with Crippen molar-refractivity contribution in [1.29, 1.82) is 0 Å². The summed E-state index contributed by atoms with van der Waals surface area (Å²) in [5.41, 5.74) is 1.67. The Bertz CT molecular complexity index is 515. The minimum Gasteiger partial charge on any atom is -0.378 e. The lowest BCUT2D eigenvalue weighted by atomic mass is 9.86. The third-order valence-electron chi connectivity index (χ3n) is 3.88. The summed E-state index contributed by atoms with van der Waals surface area (Å²) < 4.78 is 12.3. The van der Waals surface area contributed by atoms with E-state index in [2.05, 4.69) is 43.3 Å². The van der Waals surface area contributed by atoms with Crippen LogP contribution in [0.4, 0.5) is 0 Å². The van der Waals surface area contributed by atoms with Crippen LogP contribution in [0.2, 0.25) is 0 Å². The van der Waals surface area contributed by atoms with Crippen LogP contribution >= 0.6 is 0 Å². The van der Waals surface area contributed by atoms with Crippen molar-refractivity contribution in [2.45, 2.75) is 12.5 Å². The fraction of sp³-hybridized carbons (Fsp3) is 0.400. The van der Waals surface area contributed by atoms with E-state index in [4.69, 9.17) is 9.47 Å². The van der Waals surface area contributed by atoms with Crippen LogP contribution in [0.15, 0.2) is 60.7 Å². The predicted octanol–water partition coefficient (Wildman–Crippen LogP) is 3.54. The van der Waals surface area contributed by atoms with Gasteiger partial charge in [0.2, 0.25) is 0 Å². The molecule has 2 aromatic rings. The molecule has 0 atom stereocenters. The Morgan fingerprint density at radius 3 is 1.83 bits per heavy atom. The Morgan fingerprint density at radius 1 is 0.870 bits per heavy atom. The minimum atomic E-state index is -0.575. The highest BCUT2D eigenvalue weighted by molar-refractivity contribution is 5.36. The fourth-order valence-corrected chi connectivity index (χ4v) is 2.60. The summed E-state index contributed by atoms with van der Waals surface area (Å²) in [6.45, 7) is 4.70. The maximum atomic E-state index is 6.45. The molecule has 0 N–H and O–H groups in total. The lowest BCUT2D eigenvalue weighted by molar-refractivity contribution is -0.0777. The molecule has 0 aliphatic rings. The molecular formula is C20H27NO2. The van der Waals surface area contributed by atoms with Crippen LogP contribution in [0, 0.1) is 0 Å². The van der Waals surface area contributed by atoms with Gasteiger partial charge in [0.05, 0.1) is 13.2 Å². The van der Waals surface area contributed by atoms with Crippen LogP contribution < -0.4 is 0 Å². The highest BCUT2D eigenvalue weighted by Crippen LogP contribution is 2.34. The van der Waals surface area contributed by atoms with Gasteiger partial charge in [-0.25, -0.2) is 0 Å². The van der Waals surface area contributed by atoms with Crippen LogP contribution in [0.1, 0.15) is 18.1 Å². The fourth-order valence-electron chi connectivity index (χ4n) is 2.60. The largest absolute Gasteiger partial charge is 0.378 e. The van der Waals surface area contributed by atoms with Gasteiger partial charge in [0.15, 0.2) is 0 Å². The summed E-state index contributed by atoms with van der Waals surface area (Å²) >= 11 is 0. The maximum absolute atomic E-state index is 6.45. The van der Waals surface area contributed by atoms with Crippen molar-refractivity contribution in [1.82, 2.24) is 4.90 Å². The number of hydrogen-bond acceptors (Lipinski definition) is 3. The van der Waals surface area contributed by atoms with E-state index in [0.29, 0.717) is 19.8 Å². The van der Waals surface area contributed by atoms with Crippen molar-refractivity contribution in [3.8, 4) is 0 Å². The van der Waals surface area contributed by atoms with E-state index >= 15 is 0 Å². The molecule has 0 aliphatic carbocycles. The standard InChI is InChI=1S/C20H27NO2/c1-4-22-17-20(23-16-15-21(2)3,18-11-7-5-8-12-18)19-13-9-6-10-14-19/h5-14H,4,15-17H2,1-3H3. The summed E-state index contributed by atoms with van der Waals surface area (Å²) in [7, 11) is 4.11. The van der Waals surface area contributed by atoms with Gasteiger partial charge in [-0.1, -0.05) is 60.7 Å². The molecule has 0 heterocycles. The Morgan fingerprint density at radius 2 is 1.39 bits per heavy atom. The summed E-state index contributed by atoms with van der Waals surface area (Å²) in [4.78, 5) is 2.13. The van der Waals surface area contributed by atoms with Crippen LogP contribution in [0.25, 0.3) is 0 Å². The van der Waals surface area contributed by atoms with Gasteiger partial charge in [-0.3, -0.25) is 0 Å². The molecule has 0 aromatic heterocycles. The van der Waals surface area contributed by atoms with Crippen LogP contribution in [0.5, 0.6) is 0 Å². The molecule has 0 saturated heterocycles. The zero-order valence-electron chi connectivity index (χ0n) is 14.4. The topological polar surface area (TPSA) is 21.7 Å². The Balaban J connectivity index is 2.40. The molecule has 0 bridgehead atoms. The molecule has 23 heavy (non-hydrogen) atoms. The molecule has 3 heteroatoms. The average molecular weight is 313 g/mol. The molecular weight excluding hydrogens is 286 g/mol. The second-order valence-electron chi connectivity index (χ2n) is 5.85. The molecule has 2 rings (SSSR count). The van der Waals surface area contributed by atoms with E-state index in [1.54, 1.807) is 0 Å². The van der Waals surface area contributed by atoms with Gasteiger partial charge < -0.3 is 14.4 Å². The van der Waals surface area contributed by atoms with Crippen molar-refractivity contribution < 1.29 is 9.47 Å². The van der Waals surface area contributed by atoms with Crippen molar-refractivity contribution in [3.63, 3.8) is 0 Å². The predicted molar refractivity (Wildman–Crippen MR) is 94.7 cm³/mol. The van der Waals surface area contributed by atoms with Gasteiger partial charge in [-0.15, -0.1) is 0 Å². The zero-order valence-corrected chi connectivity index (χ0v) is 14.4. The SMILES string of the molecule is CCOCC(OCCN(C)C)(c1ccccc1)c1ccccc1. The normalized spacial score (nSPS) is 11.8. The van der Waals surface area contributed by atoms with E-state index in [1.165, 1.54) is 0 Å². The van der Waals surface area contributed by atoms with Gasteiger partial charge in [0, 0.05) is 13.2 Å². The molecule has 3 nitrogen and oxygen atoms in total. The first-order valence-corrected chi connectivity index (χ1v) is 8.16. The average Bonchev–Trinajstić information content (AvgIpc) is 2.59. The maximum Gasteiger partial charge on any atom is 0.141 e. The van der Waals surface area contributed by atoms with Crippen molar-refractivity contribution in [2.24, 2.45) is 0 Å². The van der Waals surface area contributed by atoms with Gasteiger partial charge in [0.25, 0.3) is 0 Å². The molecule has 0 saturated carbocycles. The lowest BCUT2D eigenvalue weighted by Crippen LogP contribution is -2.38. The minimum absolute atomic E-state index is 0.505. The molecule has 0 spiro atoms. The number of benzene rings is 2. The Hall–Kier alpha value is -1.68. The first kappa shape index (κ1) is 17.7. The summed E-state index contributed by atoms with van der Waals surface area (Å²) in [6.07, 6.45) is 0. The van der Waals surface area contributed by atoms with E-state index in [-0.39, 0.29) is 0 Å². The molecule has 2 aromatic carbocycles. The van der Waals surface area contributed by atoms with Crippen molar-refractivity contribution in [2.75, 3.05) is 40.5 Å². The zero-order chi connectivity index (χ0) is 16.5. The number of ether oxygens (including phenoxy) is 2. The van der Waals surface area contributed by atoms with Crippen molar-refractivity contribution in [3.05, 3.63) is 71.8 Å². The third kappa shape index (κ3) is 4.64. The van der Waals surface area contributed by atoms with Gasteiger partial charge in [-0.05, 0) is 32.1 Å². The van der Waals surface area contributed by atoms with Crippen LogP contribution in [0.3, 0.4) is 0 Å². The second-order valence-corrected chi connectivity index (χ2v) is 5.85. The molecule has 0 radical (unpaired) electrons. The third-order valence-corrected chi connectivity index (χ3v) is 3.88. The van der Waals surface area contributed by atoms with E-state index < -0.39 is 5.60 Å². The first-order valence-electron chi connectivity index (χ1n) is 8.16. The summed E-state index contributed by atoms with van der Waals surface area (Å²) in [6, 6.07) is 20.7. The van der Waals surface area contributed by atoms with Crippen LogP contribution in [-0.2, 0) is 15.1 Å². The van der Waals surface area contributed by atoms with Gasteiger partial charge in [0.1, 0.15) is 5.60 Å². The summed E-state index contributed by atoms with van der Waals surface area (Å²) in [5, 5.41) is 0. The first-order chi connectivity index (χ1) is 11.2. The lowest BCUT2D eigenvalue weighted by Gasteiger charge is -2.35. The number of nitrogens with zero attached hydrogens (tertiary/aromatic N) is 1. The Labute approximate surface area is 139 Å². The highest BCUT2D eigenvalue weighted by atomic mass is 16.5. The molecule has 0 unspecified atom stereocenters. The smallest absolute Gasteiger partial charge is 0.141 e. The number of likely N-dealkylation sites (N-methyl/N-ethyl adjacent to an activating group) is 1. The number of hydrogen-bond donors (Lipinski definition) is 0.